The highest BCUT2D eigenvalue weighted by molar-refractivity contribution is 6.31. The Balaban J connectivity index is 2.72. The van der Waals surface area contributed by atoms with Crippen LogP contribution >= 0.6 is 11.6 Å². The van der Waals surface area contributed by atoms with Gasteiger partial charge in [-0.1, -0.05) is 31.9 Å². The number of fused-ring (bicyclic) bond motifs is 1. The van der Waals surface area contributed by atoms with Crippen LogP contribution in [-0.2, 0) is 12.8 Å². The monoisotopic (exact) mass is 264 g/mol. The van der Waals surface area contributed by atoms with Crippen LogP contribution in [-0.4, -0.2) is 0 Å². The number of hydrogen-bond acceptors (Lipinski definition) is 2. The lowest BCUT2D eigenvalue weighted by atomic mass is 10.0. The average Bonchev–Trinajstić information content (AvgIpc) is 2.35. The summed E-state index contributed by atoms with van der Waals surface area (Å²) >= 11 is 5.94. The van der Waals surface area contributed by atoms with Crippen molar-refractivity contribution in [2.24, 2.45) is 0 Å². The summed E-state index contributed by atoms with van der Waals surface area (Å²) in [6.07, 6.45) is 3.48. The fourth-order valence-corrected chi connectivity index (χ4v) is 2.36. The first-order chi connectivity index (χ1) is 8.67. The molecule has 0 unspecified atom stereocenters. The molecule has 0 saturated heterocycles. The van der Waals surface area contributed by atoms with E-state index in [2.05, 4.69) is 13.8 Å². The van der Waals surface area contributed by atoms with Gasteiger partial charge in [-0.05, 0) is 31.0 Å². The molecule has 2 nitrogen and oxygen atoms in total. The lowest BCUT2D eigenvalue weighted by Gasteiger charge is -2.08. The first kappa shape index (κ1) is 13.2. The first-order valence-corrected chi connectivity index (χ1v) is 6.79. The minimum absolute atomic E-state index is 0.0732. The summed E-state index contributed by atoms with van der Waals surface area (Å²) in [6, 6.07) is 5.22. The van der Waals surface area contributed by atoms with Gasteiger partial charge in [-0.15, -0.1) is 0 Å². The van der Waals surface area contributed by atoms with Crippen LogP contribution in [0.1, 0.15) is 38.0 Å². The van der Waals surface area contributed by atoms with E-state index in [9.17, 15) is 4.79 Å². The Morgan fingerprint density at radius 3 is 2.56 bits per heavy atom. The van der Waals surface area contributed by atoms with Crippen LogP contribution in [0.25, 0.3) is 11.0 Å². The lowest BCUT2D eigenvalue weighted by Crippen LogP contribution is -2.12. The molecule has 96 valence electrons. The van der Waals surface area contributed by atoms with Gasteiger partial charge in [0, 0.05) is 17.0 Å². The van der Waals surface area contributed by atoms with Gasteiger partial charge in [0.2, 0.25) is 0 Å². The maximum Gasteiger partial charge on any atom is 0.196 e. The molecule has 0 aliphatic rings. The molecule has 1 aromatic heterocycles. The van der Waals surface area contributed by atoms with Crippen LogP contribution in [0.15, 0.2) is 27.4 Å². The molecule has 1 heterocycles. The minimum atomic E-state index is 0.0732. The van der Waals surface area contributed by atoms with Crippen molar-refractivity contribution in [3.8, 4) is 0 Å². The number of rotatable bonds is 4. The van der Waals surface area contributed by atoms with Gasteiger partial charge in [0.05, 0.1) is 5.39 Å². The SMILES string of the molecule is CCCc1oc2ccc(Cl)cc2c(=O)c1CCC. The van der Waals surface area contributed by atoms with E-state index < -0.39 is 0 Å². The topological polar surface area (TPSA) is 30.2 Å². The number of halogens is 1. The third-order valence-corrected chi connectivity index (χ3v) is 3.24. The first-order valence-electron chi connectivity index (χ1n) is 6.41. The number of benzene rings is 1. The molecule has 0 saturated carbocycles. The molecule has 1 aromatic carbocycles. The van der Waals surface area contributed by atoms with Crippen LogP contribution in [0.2, 0.25) is 5.02 Å². The maximum absolute atomic E-state index is 12.4. The molecule has 0 spiro atoms. The highest BCUT2D eigenvalue weighted by atomic mass is 35.5. The average molecular weight is 265 g/mol. The fraction of sp³-hybridized carbons (Fsp3) is 0.400. The van der Waals surface area contributed by atoms with Crippen LogP contribution in [0, 0.1) is 0 Å². The Morgan fingerprint density at radius 1 is 1.17 bits per heavy atom. The Kier molecular flexibility index (Phi) is 4.07. The van der Waals surface area contributed by atoms with Gasteiger partial charge >= 0.3 is 0 Å². The Hall–Kier alpha value is -1.28. The van der Waals surface area contributed by atoms with Crippen molar-refractivity contribution in [3.63, 3.8) is 0 Å². The minimum Gasteiger partial charge on any atom is -0.461 e. The summed E-state index contributed by atoms with van der Waals surface area (Å²) in [4.78, 5) is 12.4. The van der Waals surface area contributed by atoms with Crippen LogP contribution < -0.4 is 5.43 Å². The Labute approximate surface area is 112 Å². The Morgan fingerprint density at radius 2 is 1.89 bits per heavy atom. The molecule has 3 heteroatoms. The Bertz CT molecular complexity index is 614. The quantitative estimate of drug-likeness (QED) is 0.822. The zero-order valence-electron chi connectivity index (χ0n) is 10.8. The molecule has 0 radical (unpaired) electrons. The van der Waals surface area contributed by atoms with Gasteiger partial charge in [0.1, 0.15) is 11.3 Å². The second kappa shape index (κ2) is 5.57. The number of hydrogen-bond donors (Lipinski definition) is 0. The predicted molar refractivity (Wildman–Crippen MR) is 75.5 cm³/mol. The van der Waals surface area contributed by atoms with Crippen molar-refractivity contribution < 1.29 is 4.42 Å². The maximum atomic E-state index is 12.4. The molecule has 0 atom stereocenters. The molecule has 0 aliphatic heterocycles. The van der Waals surface area contributed by atoms with Gasteiger partial charge in [-0.25, -0.2) is 0 Å². The summed E-state index contributed by atoms with van der Waals surface area (Å²) in [6.45, 7) is 4.15. The third-order valence-electron chi connectivity index (χ3n) is 3.01. The second-order valence-corrected chi connectivity index (χ2v) is 4.91. The normalized spacial score (nSPS) is 11.1. The molecule has 0 amide bonds. The summed E-state index contributed by atoms with van der Waals surface area (Å²) in [5, 5.41) is 1.16. The summed E-state index contributed by atoms with van der Waals surface area (Å²) in [5.41, 5.74) is 1.52. The van der Waals surface area contributed by atoms with Crippen molar-refractivity contribution in [2.75, 3.05) is 0 Å². The van der Waals surface area contributed by atoms with Crippen molar-refractivity contribution >= 4 is 22.6 Å². The molecule has 0 N–H and O–H groups in total. The van der Waals surface area contributed by atoms with Crippen molar-refractivity contribution in [1.29, 1.82) is 0 Å². The van der Waals surface area contributed by atoms with Crippen LogP contribution in [0.5, 0.6) is 0 Å². The largest absolute Gasteiger partial charge is 0.461 e. The standard InChI is InChI=1S/C15H17ClO2/c1-3-5-11-13(6-4-2)18-14-8-7-10(16)9-12(14)15(11)17/h7-9H,3-6H2,1-2H3. The molecule has 18 heavy (non-hydrogen) atoms. The van der Waals surface area contributed by atoms with E-state index in [0.717, 1.165) is 37.0 Å². The van der Waals surface area contributed by atoms with E-state index in [0.29, 0.717) is 16.0 Å². The van der Waals surface area contributed by atoms with Crippen molar-refractivity contribution in [2.45, 2.75) is 39.5 Å². The molecule has 2 aromatic rings. The summed E-state index contributed by atoms with van der Waals surface area (Å²) in [7, 11) is 0. The van der Waals surface area contributed by atoms with Crippen LogP contribution in [0.3, 0.4) is 0 Å². The molecule has 2 rings (SSSR count). The van der Waals surface area contributed by atoms with Crippen molar-refractivity contribution in [3.05, 3.63) is 44.8 Å². The highest BCUT2D eigenvalue weighted by Gasteiger charge is 2.13. The van der Waals surface area contributed by atoms with Gasteiger partial charge in [-0.2, -0.15) is 0 Å². The summed E-state index contributed by atoms with van der Waals surface area (Å²) in [5.74, 6) is 0.833. The molecule has 0 bridgehead atoms. The fourth-order valence-electron chi connectivity index (χ4n) is 2.18. The van der Waals surface area contributed by atoms with E-state index in [-0.39, 0.29) is 5.43 Å². The van der Waals surface area contributed by atoms with Gasteiger partial charge < -0.3 is 4.42 Å². The zero-order valence-corrected chi connectivity index (χ0v) is 11.5. The van der Waals surface area contributed by atoms with E-state index in [1.165, 1.54) is 0 Å². The second-order valence-electron chi connectivity index (χ2n) is 4.47. The van der Waals surface area contributed by atoms with Crippen LogP contribution in [0.4, 0.5) is 0 Å². The van der Waals surface area contributed by atoms with E-state index in [1.807, 2.05) is 0 Å². The van der Waals surface area contributed by atoms with E-state index >= 15 is 0 Å². The van der Waals surface area contributed by atoms with Gasteiger partial charge in [0.25, 0.3) is 0 Å². The smallest absolute Gasteiger partial charge is 0.196 e. The van der Waals surface area contributed by atoms with Gasteiger partial charge in [0.15, 0.2) is 5.43 Å². The third kappa shape index (κ3) is 2.44. The molecular weight excluding hydrogens is 248 g/mol. The predicted octanol–water partition coefficient (Wildman–Crippen LogP) is 4.35. The highest BCUT2D eigenvalue weighted by Crippen LogP contribution is 2.21. The van der Waals surface area contributed by atoms with E-state index in [4.69, 9.17) is 16.0 Å². The molecular formula is C15H17ClO2. The van der Waals surface area contributed by atoms with E-state index in [1.54, 1.807) is 18.2 Å². The zero-order chi connectivity index (χ0) is 13.1. The summed E-state index contributed by atoms with van der Waals surface area (Å²) < 4.78 is 5.86. The number of aryl methyl sites for hydroxylation is 1. The molecule has 0 aliphatic carbocycles. The molecule has 0 fully saturated rings. The van der Waals surface area contributed by atoms with Crippen molar-refractivity contribution in [1.82, 2.24) is 0 Å². The van der Waals surface area contributed by atoms with Gasteiger partial charge in [-0.3, -0.25) is 4.79 Å². The lowest BCUT2D eigenvalue weighted by molar-refractivity contribution is 0.520.